The van der Waals surface area contributed by atoms with E-state index in [2.05, 4.69) is 0 Å². The van der Waals surface area contributed by atoms with E-state index in [0.717, 1.165) is 6.07 Å². The second-order valence-corrected chi connectivity index (χ2v) is 5.06. The number of rotatable bonds is 4. The van der Waals surface area contributed by atoms with Crippen LogP contribution in [0.1, 0.15) is 30.4 Å². The Balaban J connectivity index is 2.03. The van der Waals surface area contributed by atoms with Gasteiger partial charge in [0.2, 0.25) is 0 Å². The first-order valence-corrected chi connectivity index (χ1v) is 6.37. The number of benzene rings is 1. The van der Waals surface area contributed by atoms with Crippen LogP contribution in [-0.2, 0) is 11.3 Å². The number of nitrogens with one attached hydrogen (secondary N) is 1. The summed E-state index contributed by atoms with van der Waals surface area (Å²) in [5.74, 6) is -6.30. The predicted octanol–water partition coefficient (Wildman–Crippen LogP) is 1.86. The number of alkyl halides is 2. The lowest BCUT2D eigenvalue weighted by Crippen LogP contribution is -2.60. The molecule has 0 aliphatic heterocycles. The molecule has 2 N–H and O–H groups in total. The van der Waals surface area contributed by atoms with Crippen molar-refractivity contribution in [3.05, 3.63) is 35.1 Å². The number of nitrogens with zero attached hydrogens (tertiary/aromatic N) is 1. The Labute approximate surface area is 119 Å². The van der Waals surface area contributed by atoms with Gasteiger partial charge in [-0.25, -0.2) is 4.39 Å². The van der Waals surface area contributed by atoms with Crippen molar-refractivity contribution in [1.29, 1.82) is 5.26 Å². The van der Waals surface area contributed by atoms with Crippen molar-refractivity contribution in [2.75, 3.05) is 0 Å². The molecule has 112 valence electrons. The van der Waals surface area contributed by atoms with Crippen LogP contribution < -0.4 is 5.32 Å². The summed E-state index contributed by atoms with van der Waals surface area (Å²) in [4.78, 5) is 11.5. The molecule has 1 aromatic carbocycles. The zero-order valence-corrected chi connectivity index (χ0v) is 11.0. The van der Waals surface area contributed by atoms with Gasteiger partial charge in [0.25, 0.3) is 5.91 Å². The van der Waals surface area contributed by atoms with Crippen LogP contribution in [0.5, 0.6) is 0 Å². The molecule has 1 aliphatic carbocycles. The molecule has 0 spiro atoms. The van der Waals surface area contributed by atoms with Gasteiger partial charge in [-0.3, -0.25) is 4.79 Å². The lowest BCUT2D eigenvalue weighted by atomic mass is 9.75. The summed E-state index contributed by atoms with van der Waals surface area (Å²) in [5.41, 5.74) is -2.23. The molecule has 0 saturated heterocycles. The van der Waals surface area contributed by atoms with Crippen molar-refractivity contribution in [1.82, 2.24) is 5.32 Å². The first-order chi connectivity index (χ1) is 9.80. The normalized spacial score (nSPS) is 16.7. The van der Waals surface area contributed by atoms with E-state index >= 15 is 0 Å². The van der Waals surface area contributed by atoms with E-state index in [-0.39, 0.29) is 24.0 Å². The number of halogens is 3. The lowest BCUT2D eigenvalue weighted by molar-refractivity contribution is -0.216. The molecule has 0 bridgehead atoms. The summed E-state index contributed by atoms with van der Waals surface area (Å²) < 4.78 is 41.1. The average Bonchev–Trinajstić information content (AvgIpc) is 2.42. The van der Waals surface area contributed by atoms with E-state index in [1.807, 2.05) is 5.32 Å². The molecule has 1 aromatic rings. The molecule has 7 heteroatoms. The van der Waals surface area contributed by atoms with Crippen LogP contribution in [0.25, 0.3) is 0 Å². The topological polar surface area (TPSA) is 73.1 Å². The highest BCUT2D eigenvalue weighted by Gasteiger charge is 2.61. The molecule has 0 atom stereocenters. The van der Waals surface area contributed by atoms with Crippen molar-refractivity contribution in [3.8, 4) is 6.07 Å². The third-order valence-corrected chi connectivity index (χ3v) is 3.67. The highest BCUT2D eigenvalue weighted by atomic mass is 19.3. The molecule has 0 radical (unpaired) electrons. The van der Waals surface area contributed by atoms with Crippen LogP contribution >= 0.6 is 0 Å². The fraction of sp³-hybridized carbons (Fsp3) is 0.429. The maximum absolute atomic E-state index is 13.8. The number of carbonyl (C=O) groups excluding carboxylic acids is 1. The van der Waals surface area contributed by atoms with Gasteiger partial charge in [-0.2, -0.15) is 14.0 Å². The van der Waals surface area contributed by atoms with Crippen LogP contribution in [-0.4, -0.2) is 22.5 Å². The van der Waals surface area contributed by atoms with E-state index in [9.17, 15) is 23.1 Å². The molecule has 0 unspecified atom stereocenters. The largest absolute Gasteiger partial charge is 0.383 e. The molecule has 1 fully saturated rings. The predicted molar refractivity (Wildman–Crippen MR) is 66.7 cm³/mol. The molecular weight excluding hydrogens is 285 g/mol. The van der Waals surface area contributed by atoms with E-state index in [4.69, 9.17) is 5.26 Å². The smallest absolute Gasteiger partial charge is 0.352 e. The van der Waals surface area contributed by atoms with Gasteiger partial charge >= 0.3 is 5.92 Å². The number of amides is 1. The van der Waals surface area contributed by atoms with Crippen LogP contribution in [0.3, 0.4) is 0 Å². The first-order valence-electron chi connectivity index (χ1n) is 6.37. The Hall–Kier alpha value is -2.07. The summed E-state index contributed by atoms with van der Waals surface area (Å²) in [5, 5.41) is 20.1. The highest BCUT2D eigenvalue weighted by Crippen LogP contribution is 2.44. The van der Waals surface area contributed by atoms with Gasteiger partial charge in [0, 0.05) is 12.1 Å². The fourth-order valence-corrected chi connectivity index (χ4v) is 2.08. The third-order valence-electron chi connectivity index (χ3n) is 3.67. The maximum atomic E-state index is 13.8. The Bertz CT molecular complexity index is 607. The van der Waals surface area contributed by atoms with Gasteiger partial charge in [0.15, 0.2) is 0 Å². The fourth-order valence-electron chi connectivity index (χ4n) is 2.08. The summed E-state index contributed by atoms with van der Waals surface area (Å²) >= 11 is 0. The first kappa shape index (κ1) is 15.3. The Morgan fingerprint density at radius 2 is 2.14 bits per heavy atom. The second kappa shape index (κ2) is 5.37. The molecule has 0 heterocycles. The Morgan fingerprint density at radius 1 is 1.48 bits per heavy atom. The van der Waals surface area contributed by atoms with Crippen molar-refractivity contribution in [3.63, 3.8) is 0 Å². The van der Waals surface area contributed by atoms with Gasteiger partial charge in [0.1, 0.15) is 11.4 Å². The molecule has 2 rings (SSSR count). The minimum Gasteiger partial charge on any atom is -0.383 e. The molecular formula is C14H13F3N2O2. The number of carbonyl (C=O) groups is 1. The van der Waals surface area contributed by atoms with Gasteiger partial charge in [-0.15, -0.1) is 0 Å². The van der Waals surface area contributed by atoms with Crippen molar-refractivity contribution in [2.24, 2.45) is 0 Å². The van der Waals surface area contributed by atoms with Crippen molar-refractivity contribution in [2.45, 2.75) is 37.3 Å². The quantitative estimate of drug-likeness (QED) is 0.891. The Kier molecular flexibility index (Phi) is 3.92. The summed E-state index contributed by atoms with van der Waals surface area (Å²) in [6.07, 6.45) is 0.154. The van der Waals surface area contributed by atoms with Gasteiger partial charge in [0.05, 0.1) is 11.6 Å². The van der Waals surface area contributed by atoms with Gasteiger partial charge in [-0.1, -0.05) is 6.07 Å². The number of aliphatic hydroxyl groups is 1. The molecule has 1 saturated carbocycles. The molecule has 1 aliphatic rings. The van der Waals surface area contributed by atoms with Crippen LogP contribution in [0, 0.1) is 17.1 Å². The van der Waals surface area contributed by atoms with Crippen LogP contribution in [0.4, 0.5) is 13.2 Å². The van der Waals surface area contributed by atoms with E-state index in [1.54, 1.807) is 6.07 Å². The SMILES string of the molecule is N#Cc1ccc(CNC(=O)C(F)(F)C2(O)CCC2)c(F)c1. The minimum atomic E-state index is -3.91. The highest BCUT2D eigenvalue weighted by molar-refractivity contribution is 5.85. The monoisotopic (exact) mass is 298 g/mol. The Morgan fingerprint density at radius 3 is 2.62 bits per heavy atom. The summed E-state index contributed by atoms with van der Waals surface area (Å²) in [6, 6.07) is 5.26. The summed E-state index contributed by atoms with van der Waals surface area (Å²) in [7, 11) is 0. The molecule has 4 nitrogen and oxygen atoms in total. The maximum Gasteiger partial charge on any atom is 0.352 e. The van der Waals surface area contributed by atoms with Crippen molar-refractivity contribution < 1.29 is 23.1 Å². The van der Waals surface area contributed by atoms with Gasteiger partial charge < -0.3 is 10.4 Å². The number of nitriles is 1. The zero-order chi connectivity index (χ0) is 15.7. The molecule has 21 heavy (non-hydrogen) atoms. The number of hydrogen-bond acceptors (Lipinski definition) is 3. The van der Waals surface area contributed by atoms with Gasteiger partial charge in [-0.05, 0) is 31.4 Å². The zero-order valence-electron chi connectivity index (χ0n) is 11.0. The molecule has 1 amide bonds. The van der Waals surface area contributed by atoms with Crippen LogP contribution in [0.15, 0.2) is 18.2 Å². The minimum absolute atomic E-state index is 0.0150. The van der Waals surface area contributed by atoms with Crippen LogP contribution in [0.2, 0.25) is 0 Å². The van der Waals surface area contributed by atoms with E-state index in [0.29, 0.717) is 6.42 Å². The average molecular weight is 298 g/mol. The number of hydrogen-bond donors (Lipinski definition) is 2. The van der Waals surface area contributed by atoms with Crippen molar-refractivity contribution >= 4 is 5.91 Å². The standard InChI is InChI=1S/C14H13F3N2O2/c15-11-6-9(7-18)2-3-10(11)8-19-12(20)14(16,17)13(21)4-1-5-13/h2-3,6,21H,1,4-5,8H2,(H,19,20). The summed E-state index contributed by atoms with van der Waals surface area (Å²) in [6.45, 7) is -0.442. The second-order valence-electron chi connectivity index (χ2n) is 5.06. The van der Waals surface area contributed by atoms with E-state index in [1.165, 1.54) is 12.1 Å². The lowest BCUT2D eigenvalue weighted by Gasteiger charge is -2.41. The molecule has 0 aromatic heterocycles. The van der Waals surface area contributed by atoms with E-state index < -0.39 is 29.8 Å². The third kappa shape index (κ3) is 2.72.